The van der Waals surface area contributed by atoms with Crippen LogP contribution >= 0.6 is 11.3 Å². The molecular weight excluding hydrogens is 393 g/mol. The Kier molecular flexibility index (Phi) is 4.06. The maximum absolute atomic E-state index is 13.8. The lowest BCUT2D eigenvalue weighted by Crippen LogP contribution is -2.12. The SMILES string of the molecule is Nc1c(C(=O)Nc2ccccc2F)sc2nc(-c3ccc4c(c3)OCO4)ccc12. The molecule has 0 atom stereocenters. The quantitative estimate of drug-likeness (QED) is 0.516. The van der Waals surface area contributed by atoms with Crippen molar-refractivity contribution in [2.24, 2.45) is 0 Å². The second-order valence-corrected chi connectivity index (χ2v) is 7.40. The minimum Gasteiger partial charge on any atom is -0.454 e. The summed E-state index contributed by atoms with van der Waals surface area (Å²) in [6, 6.07) is 15.2. The highest BCUT2D eigenvalue weighted by Crippen LogP contribution is 2.38. The number of para-hydroxylation sites is 1. The smallest absolute Gasteiger partial charge is 0.268 e. The molecule has 0 radical (unpaired) electrons. The molecule has 1 aliphatic heterocycles. The van der Waals surface area contributed by atoms with E-state index in [-0.39, 0.29) is 12.5 Å². The third-order valence-electron chi connectivity index (χ3n) is 4.59. The number of nitrogens with two attached hydrogens (primary N) is 1. The number of nitrogens with one attached hydrogen (secondary N) is 1. The number of benzene rings is 2. The number of hydrogen-bond donors (Lipinski definition) is 2. The van der Waals surface area contributed by atoms with E-state index in [4.69, 9.17) is 15.2 Å². The predicted molar refractivity (Wildman–Crippen MR) is 110 cm³/mol. The Balaban J connectivity index is 1.50. The number of pyridine rings is 1. The molecule has 2 aromatic heterocycles. The standard InChI is InChI=1S/C21H14FN3O3S/c22-13-3-1-2-4-15(13)24-20(26)19-18(23)12-6-7-14(25-21(12)29-19)11-5-8-16-17(9-11)28-10-27-16/h1-9H,10,23H2,(H,24,26). The minimum absolute atomic E-state index is 0.100. The number of thiophene rings is 1. The van der Waals surface area contributed by atoms with E-state index in [1.807, 2.05) is 30.3 Å². The Bertz CT molecular complexity index is 1270. The summed E-state index contributed by atoms with van der Waals surface area (Å²) in [5.41, 5.74) is 8.18. The summed E-state index contributed by atoms with van der Waals surface area (Å²) >= 11 is 1.16. The summed E-state index contributed by atoms with van der Waals surface area (Å²) in [6.45, 7) is 0.202. The second-order valence-electron chi connectivity index (χ2n) is 6.40. The Hall–Kier alpha value is -3.65. The first-order chi connectivity index (χ1) is 14.1. The van der Waals surface area contributed by atoms with Crippen molar-refractivity contribution < 1.29 is 18.7 Å². The molecule has 4 aromatic rings. The molecule has 29 heavy (non-hydrogen) atoms. The van der Waals surface area contributed by atoms with Gasteiger partial charge in [-0.3, -0.25) is 4.79 Å². The summed E-state index contributed by atoms with van der Waals surface area (Å²) in [5.74, 6) is 0.381. The van der Waals surface area contributed by atoms with Crippen molar-refractivity contribution in [3.63, 3.8) is 0 Å². The maximum Gasteiger partial charge on any atom is 0.268 e. The fourth-order valence-electron chi connectivity index (χ4n) is 3.12. The van der Waals surface area contributed by atoms with Crippen molar-refractivity contribution in [1.82, 2.24) is 4.98 Å². The molecule has 0 fully saturated rings. The minimum atomic E-state index is -0.510. The molecule has 0 saturated heterocycles. The van der Waals surface area contributed by atoms with Gasteiger partial charge in [0.2, 0.25) is 6.79 Å². The molecular formula is C21H14FN3O3S. The van der Waals surface area contributed by atoms with Crippen LogP contribution in [0.25, 0.3) is 21.5 Å². The van der Waals surface area contributed by atoms with Gasteiger partial charge in [0.15, 0.2) is 11.5 Å². The molecule has 2 aromatic carbocycles. The molecule has 0 saturated carbocycles. The molecule has 0 aliphatic carbocycles. The number of amides is 1. The van der Waals surface area contributed by atoms with Crippen LogP contribution in [0.2, 0.25) is 0 Å². The number of fused-ring (bicyclic) bond motifs is 2. The van der Waals surface area contributed by atoms with Crippen LogP contribution in [-0.2, 0) is 0 Å². The van der Waals surface area contributed by atoms with Crippen LogP contribution in [0.1, 0.15) is 9.67 Å². The van der Waals surface area contributed by atoms with E-state index in [2.05, 4.69) is 10.3 Å². The zero-order valence-electron chi connectivity index (χ0n) is 14.9. The first kappa shape index (κ1) is 17.4. The van der Waals surface area contributed by atoms with Crippen LogP contribution in [0.15, 0.2) is 54.6 Å². The number of ether oxygens (including phenoxy) is 2. The van der Waals surface area contributed by atoms with Crippen LogP contribution in [0.4, 0.5) is 15.8 Å². The molecule has 5 rings (SSSR count). The molecule has 1 aliphatic rings. The largest absolute Gasteiger partial charge is 0.454 e. The van der Waals surface area contributed by atoms with Gasteiger partial charge >= 0.3 is 0 Å². The molecule has 0 spiro atoms. The van der Waals surface area contributed by atoms with E-state index in [0.29, 0.717) is 32.3 Å². The van der Waals surface area contributed by atoms with Crippen LogP contribution in [0.3, 0.4) is 0 Å². The Labute approximate surface area is 168 Å². The number of aromatic nitrogens is 1. The topological polar surface area (TPSA) is 86.5 Å². The number of anilines is 2. The normalized spacial score (nSPS) is 12.3. The highest BCUT2D eigenvalue weighted by Gasteiger charge is 2.20. The number of carbonyl (C=O) groups is 1. The number of nitrogens with zero attached hydrogens (tertiary/aromatic N) is 1. The van der Waals surface area contributed by atoms with Gasteiger partial charge in [-0.05, 0) is 42.5 Å². The number of rotatable bonds is 3. The van der Waals surface area contributed by atoms with Crippen molar-refractivity contribution in [2.45, 2.75) is 0 Å². The van der Waals surface area contributed by atoms with Crippen molar-refractivity contribution >= 4 is 38.8 Å². The lowest BCUT2D eigenvalue weighted by atomic mass is 10.1. The van der Waals surface area contributed by atoms with Gasteiger partial charge in [-0.25, -0.2) is 9.37 Å². The van der Waals surface area contributed by atoms with Gasteiger partial charge in [-0.15, -0.1) is 11.3 Å². The van der Waals surface area contributed by atoms with E-state index < -0.39 is 11.7 Å². The molecule has 0 bridgehead atoms. The van der Waals surface area contributed by atoms with Crippen LogP contribution in [0, 0.1) is 5.82 Å². The summed E-state index contributed by atoms with van der Waals surface area (Å²) in [6.07, 6.45) is 0. The highest BCUT2D eigenvalue weighted by atomic mass is 32.1. The average molecular weight is 407 g/mol. The molecule has 3 N–H and O–H groups in total. The van der Waals surface area contributed by atoms with Gasteiger partial charge < -0.3 is 20.5 Å². The van der Waals surface area contributed by atoms with Crippen LogP contribution < -0.4 is 20.5 Å². The van der Waals surface area contributed by atoms with Gasteiger partial charge in [-0.2, -0.15) is 0 Å². The van der Waals surface area contributed by atoms with Gasteiger partial charge in [-0.1, -0.05) is 12.1 Å². The molecule has 8 heteroatoms. The molecule has 3 heterocycles. The first-order valence-corrected chi connectivity index (χ1v) is 9.57. The molecule has 1 amide bonds. The van der Waals surface area contributed by atoms with Crippen LogP contribution in [-0.4, -0.2) is 17.7 Å². The summed E-state index contributed by atoms with van der Waals surface area (Å²) in [7, 11) is 0. The summed E-state index contributed by atoms with van der Waals surface area (Å²) in [5, 5.41) is 3.24. The van der Waals surface area contributed by atoms with Gasteiger partial charge in [0, 0.05) is 10.9 Å². The van der Waals surface area contributed by atoms with Crippen molar-refractivity contribution in [2.75, 3.05) is 17.8 Å². The maximum atomic E-state index is 13.8. The second kappa shape index (κ2) is 6.75. The van der Waals surface area contributed by atoms with Gasteiger partial charge in [0.1, 0.15) is 15.5 Å². The fourth-order valence-corrected chi connectivity index (χ4v) is 4.11. The fraction of sp³-hybridized carbons (Fsp3) is 0.0476. The Morgan fingerprint density at radius 1 is 1.10 bits per heavy atom. The number of halogens is 1. The molecule has 144 valence electrons. The number of hydrogen-bond acceptors (Lipinski definition) is 6. The van der Waals surface area contributed by atoms with Crippen LogP contribution in [0.5, 0.6) is 11.5 Å². The van der Waals surface area contributed by atoms with E-state index in [0.717, 1.165) is 22.6 Å². The van der Waals surface area contributed by atoms with E-state index >= 15 is 0 Å². The Morgan fingerprint density at radius 3 is 2.79 bits per heavy atom. The molecule has 0 unspecified atom stereocenters. The van der Waals surface area contributed by atoms with E-state index in [9.17, 15) is 9.18 Å². The lowest BCUT2D eigenvalue weighted by molar-refractivity contribution is 0.103. The van der Waals surface area contributed by atoms with E-state index in [1.165, 1.54) is 12.1 Å². The number of nitrogen functional groups attached to an aromatic ring is 1. The first-order valence-electron chi connectivity index (χ1n) is 8.75. The van der Waals surface area contributed by atoms with Crippen molar-refractivity contribution in [3.05, 3.63) is 65.3 Å². The lowest BCUT2D eigenvalue weighted by Gasteiger charge is -2.05. The zero-order valence-corrected chi connectivity index (χ0v) is 15.8. The van der Waals surface area contributed by atoms with E-state index in [1.54, 1.807) is 12.1 Å². The summed E-state index contributed by atoms with van der Waals surface area (Å²) < 4.78 is 24.6. The average Bonchev–Trinajstić information content (AvgIpc) is 3.33. The van der Waals surface area contributed by atoms with Crippen molar-refractivity contribution in [1.29, 1.82) is 0 Å². The van der Waals surface area contributed by atoms with Crippen molar-refractivity contribution in [3.8, 4) is 22.8 Å². The summed E-state index contributed by atoms with van der Waals surface area (Å²) in [4.78, 5) is 18.2. The Morgan fingerprint density at radius 2 is 1.93 bits per heavy atom. The number of carbonyl (C=O) groups excluding carboxylic acids is 1. The third-order valence-corrected chi connectivity index (χ3v) is 5.70. The van der Waals surface area contributed by atoms with Gasteiger partial charge in [0.05, 0.1) is 17.1 Å². The predicted octanol–water partition coefficient (Wildman–Crippen LogP) is 4.67. The van der Waals surface area contributed by atoms with Gasteiger partial charge in [0.25, 0.3) is 5.91 Å². The monoisotopic (exact) mass is 407 g/mol. The third kappa shape index (κ3) is 3.03. The zero-order chi connectivity index (χ0) is 20.0. The highest BCUT2D eigenvalue weighted by molar-refractivity contribution is 7.21. The molecule has 6 nitrogen and oxygen atoms in total.